The van der Waals surface area contributed by atoms with E-state index in [1.807, 2.05) is 0 Å². The molecule has 0 N–H and O–H groups in total. The molecule has 0 heterocycles. The van der Waals surface area contributed by atoms with Crippen LogP contribution in [0.25, 0.3) is 0 Å². The molecule has 3 rings (SSSR count). The molecule has 0 amide bonds. The Labute approximate surface area is 75.5 Å². The molecule has 3 nitrogen and oxygen atoms in total. The Hall–Kier alpha value is -0.990. The van der Waals surface area contributed by atoms with Crippen LogP contribution in [0, 0.1) is 23.7 Å². The van der Waals surface area contributed by atoms with Gasteiger partial charge in [0, 0.05) is 37.0 Å². The fourth-order valence-corrected chi connectivity index (χ4v) is 3.34. The molecule has 3 aliphatic rings. The normalized spacial score (nSPS) is 47.5. The summed E-state index contributed by atoms with van der Waals surface area (Å²) in [4.78, 5) is 34.3. The van der Waals surface area contributed by atoms with Crippen LogP contribution in [-0.2, 0) is 14.4 Å². The fraction of sp³-hybridized carbons (Fsp3) is 0.700. The molecule has 0 bridgehead atoms. The van der Waals surface area contributed by atoms with Crippen molar-refractivity contribution in [2.45, 2.75) is 19.3 Å². The molecule has 0 spiro atoms. The minimum Gasteiger partial charge on any atom is -0.299 e. The van der Waals surface area contributed by atoms with Crippen molar-refractivity contribution in [1.29, 1.82) is 0 Å². The van der Waals surface area contributed by atoms with Crippen molar-refractivity contribution in [2.75, 3.05) is 0 Å². The first kappa shape index (κ1) is 7.42. The summed E-state index contributed by atoms with van der Waals surface area (Å²) in [5, 5.41) is 0. The van der Waals surface area contributed by atoms with Crippen molar-refractivity contribution < 1.29 is 14.4 Å². The topological polar surface area (TPSA) is 51.2 Å². The maximum atomic E-state index is 11.4. The van der Waals surface area contributed by atoms with Gasteiger partial charge < -0.3 is 0 Å². The molecule has 4 atom stereocenters. The van der Waals surface area contributed by atoms with E-state index < -0.39 is 0 Å². The molecule has 3 saturated carbocycles. The SMILES string of the molecule is O=C1C[C@H]2C(=O)C[C@H]3C(=O)C[C@H]1C23. The molecule has 68 valence electrons. The van der Waals surface area contributed by atoms with E-state index in [2.05, 4.69) is 0 Å². The smallest absolute Gasteiger partial charge is 0.137 e. The Balaban J connectivity index is 2.07. The van der Waals surface area contributed by atoms with E-state index in [-0.39, 0.29) is 41.0 Å². The van der Waals surface area contributed by atoms with Gasteiger partial charge in [0.1, 0.15) is 17.3 Å². The van der Waals surface area contributed by atoms with Crippen LogP contribution >= 0.6 is 0 Å². The number of Topliss-reactive ketones (excluding diaryl/α,β-unsaturated/α-hetero) is 3. The fourth-order valence-electron chi connectivity index (χ4n) is 3.34. The van der Waals surface area contributed by atoms with Crippen molar-refractivity contribution in [3.8, 4) is 0 Å². The van der Waals surface area contributed by atoms with Gasteiger partial charge in [-0.2, -0.15) is 0 Å². The summed E-state index contributed by atoms with van der Waals surface area (Å²) in [6.07, 6.45) is 1.24. The maximum absolute atomic E-state index is 11.4. The Morgan fingerprint density at radius 3 is 1.31 bits per heavy atom. The highest BCUT2D eigenvalue weighted by atomic mass is 16.1. The number of hydrogen-bond donors (Lipinski definition) is 0. The van der Waals surface area contributed by atoms with Gasteiger partial charge in [0.25, 0.3) is 0 Å². The molecule has 0 radical (unpaired) electrons. The average Bonchev–Trinajstić information content (AvgIpc) is 2.63. The lowest BCUT2D eigenvalue weighted by molar-refractivity contribution is -0.124. The molecule has 1 unspecified atom stereocenters. The van der Waals surface area contributed by atoms with Crippen LogP contribution < -0.4 is 0 Å². The van der Waals surface area contributed by atoms with Crippen molar-refractivity contribution >= 4 is 17.3 Å². The zero-order valence-corrected chi connectivity index (χ0v) is 7.16. The van der Waals surface area contributed by atoms with Gasteiger partial charge in [-0.15, -0.1) is 0 Å². The predicted molar refractivity (Wildman–Crippen MR) is 42.8 cm³/mol. The van der Waals surface area contributed by atoms with E-state index in [1.54, 1.807) is 0 Å². The monoisotopic (exact) mass is 178 g/mol. The van der Waals surface area contributed by atoms with Crippen LogP contribution in [0.5, 0.6) is 0 Å². The van der Waals surface area contributed by atoms with Crippen LogP contribution in [0.1, 0.15) is 19.3 Å². The van der Waals surface area contributed by atoms with Gasteiger partial charge in [-0.25, -0.2) is 0 Å². The van der Waals surface area contributed by atoms with Crippen molar-refractivity contribution in [1.82, 2.24) is 0 Å². The number of rotatable bonds is 0. The molecular weight excluding hydrogens is 168 g/mol. The minimum atomic E-state index is -0.0889. The van der Waals surface area contributed by atoms with Crippen LogP contribution in [-0.4, -0.2) is 17.3 Å². The van der Waals surface area contributed by atoms with E-state index in [4.69, 9.17) is 0 Å². The number of carbonyl (C=O) groups is 3. The van der Waals surface area contributed by atoms with E-state index in [0.29, 0.717) is 19.3 Å². The largest absolute Gasteiger partial charge is 0.299 e. The van der Waals surface area contributed by atoms with Gasteiger partial charge in [0.05, 0.1) is 0 Å². The third-order valence-electron chi connectivity index (χ3n) is 3.90. The quantitative estimate of drug-likeness (QED) is 0.538. The first-order chi connectivity index (χ1) is 6.18. The van der Waals surface area contributed by atoms with Crippen molar-refractivity contribution in [3.05, 3.63) is 0 Å². The Morgan fingerprint density at radius 2 is 1.00 bits per heavy atom. The van der Waals surface area contributed by atoms with Gasteiger partial charge in [-0.05, 0) is 5.92 Å². The molecular formula is C10H10O3. The Morgan fingerprint density at radius 1 is 0.692 bits per heavy atom. The summed E-state index contributed by atoms with van der Waals surface area (Å²) in [6.45, 7) is 0. The van der Waals surface area contributed by atoms with Crippen LogP contribution in [0.4, 0.5) is 0 Å². The Kier molecular flexibility index (Phi) is 1.19. The van der Waals surface area contributed by atoms with Gasteiger partial charge in [-0.3, -0.25) is 14.4 Å². The third-order valence-corrected chi connectivity index (χ3v) is 3.90. The lowest BCUT2D eigenvalue weighted by atomic mass is 9.92. The lowest BCUT2D eigenvalue weighted by Gasteiger charge is -2.08. The highest BCUT2D eigenvalue weighted by molar-refractivity contribution is 6.04. The van der Waals surface area contributed by atoms with Gasteiger partial charge in [0.2, 0.25) is 0 Å². The van der Waals surface area contributed by atoms with Crippen molar-refractivity contribution in [3.63, 3.8) is 0 Å². The molecule has 0 aromatic carbocycles. The first-order valence-electron chi connectivity index (χ1n) is 4.76. The summed E-state index contributed by atoms with van der Waals surface area (Å²) in [5.41, 5.74) is 0. The minimum absolute atomic E-state index is 0.0889. The van der Waals surface area contributed by atoms with Gasteiger partial charge in [-0.1, -0.05) is 0 Å². The molecule has 0 aliphatic heterocycles. The molecule has 0 saturated heterocycles. The number of hydrogen-bond acceptors (Lipinski definition) is 3. The molecule has 13 heavy (non-hydrogen) atoms. The highest BCUT2D eigenvalue weighted by Gasteiger charge is 2.60. The third kappa shape index (κ3) is 0.729. The van der Waals surface area contributed by atoms with Crippen LogP contribution in [0.15, 0.2) is 0 Å². The molecule has 3 heteroatoms. The van der Waals surface area contributed by atoms with E-state index in [0.717, 1.165) is 0 Å². The molecule has 0 aromatic rings. The summed E-state index contributed by atoms with van der Waals surface area (Å²) < 4.78 is 0. The zero-order valence-electron chi connectivity index (χ0n) is 7.16. The first-order valence-corrected chi connectivity index (χ1v) is 4.76. The summed E-state index contributed by atoms with van der Waals surface area (Å²) in [7, 11) is 0. The Bertz CT molecular complexity index is 279. The molecule has 3 fully saturated rings. The van der Waals surface area contributed by atoms with Gasteiger partial charge >= 0.3 is 0 Å². The van der Waals surface area contributed by atoms with E-state index in [9.17, 15) is 14.4 Å². The van der Waals surface area contributed by atoms with E-state index in [1.165, 1.54) is 0 Å². The van der Waals surface area contributed by atoms with Gasteiger partial charge in [0.15, 0.2) is 0 Å². The summed E-state index contributed by atoms with van der Waals surface area (Å²) in [6, 6.07) is 0. The average molecular weight is 178 g/mol. The maximum Gasteiger partial charge on any atom is 0.137 e. The predicted octanol–water partition coefficient (Wildman–Crippen LogP) is 0.370. The van der Waals surface area contributed by atoms with Crippen molar-refractivity contribution in [2.24, 2.45) is 23.7 Å². The highest BCUT2D eigenvalue weighted by Crippen LogP contribution is 2.53. The molecule has 3 aliphatic carbocycles. The summed E-state index contributed by atoms with van der Waals surface area (Å²) >= 11 is 0. The number of ketones is 3. The van der Waals surface area contributed by atoms with E-state index >= 15 is 0 Å². The standard InChI is InChI=1S/C10H10O3/c11-7-1-4-8(12)3-6-9(13)2-5(7)10(4)6/h4-6,10H,1-3H2/t4-,5-,6+,10?/m0/s1. The molecule has 0 aromatic heterocycles. The summed E-state index contributed by atoms with van der Waals surface area (Å²) in [5.74, 6) is 0.293. The second kappa shape index (κ2) is 2.08. The zero-order chi connectivity index (χ0) is 9.16. The van der Waals surface area contributed by atoms with Crippen LogP contribution in [0.2, 0.25) is 0 Å². The lowest BCUT2D eigenvalue weighted by Crippen LogP contribution is -2.12. The number of carbonyl (C=O) groups excluding carboxylic acids is 3. The second-order valence-electron chi connectivity index (χ2n) is 4.41. The second-order valence-corrected chi connectivity index (χ2v) is 4.41. The van der Waals surface area contributed by atoms with Crippen LogP contribution in [0.3, 0.4) is 0 Å².